The van der Waals surface area contributed by atoms with Gasteiger partial charge in [-0.25, -0.2) is 0 Å². The number of amides is 3. The Bertz CT molecular complexity index is 843. The van der Waals surface area contributed by atoms with Crippen LogP contribution in [0.25, 0.3) is 0 Å². The number of nitrogens with zero attached hydrogens (tertiary/aromatic N) is 2. The monoisotopic (exact) mass is 380 g/mol. The zero-order valence-corrected chi connectivity index (χ0v) is 16.2. The van der Waals surface area contributed by atoms with Gasteiger partial charge in [0.1, 0.15) is 5.75 Å². The van der Waals surface area contributed by atoms with Crippen LogP contribution in [0.3, 0.4) is 0 Å². The van der Waals surface area contributed by atoms with Crippen molar-refractivity contribution in [2.24, 2.45) is 0 Å². The smallest absolute Gasteiger partial charge is 0.253 e. The third-order valence-electron chi connectivity index (χ3n) is 4.70. The summed E-state index contributed by atoms with van der Waals surface area (Å²) < 4.78 is 5.43. The molecule has 0 N–H and O–H groups in total. The third kappa shape index (κ3) is 4.57. The van der Waals surface area contributed by atoms with E-state index < -0.39 is 0 Å². The summed E-state index contributed by atoms with van der Waals surface area (Å²) in [7, 11) is 1.76. The van der Waals surface area contributed by atoms with Crippen molar-refractivity contribution in [3.63, 3.8) is 0 Å². The first kappa shape index (κ1) is 19.6. The highest BCUT2D eigenvalue weighted by Crippen LogP contribution is 2.18. The minimum atomic E-state index is -0.139. The Morgan fingerprint density at radius 1 is 0.964 bits per heavy atom. The molecule has 0 bridgehead atoms. The summed E-state index contributed by atoms with van der Waals surface area (Å²) in [5.74, 6) is 0.444. The van der Waals surface area contributed by atoms with E-state index in [-0.39, 0.29) is 37.1 Å². The number of carbonyl (C=O) groups excluding carboxylic acids is 3. The number of benzene rings is 2. The molecule has 6 heteroatoms. The second-order valence-electron chi connectivity index (χ2n) is 6.81. The molecular formula is C22H24N2O4. The van der Waals surface area contributed by atoms with Gasteiger partial charge in [0.25, 0.3) is 5.91 Å². The molecule has 1 aliphatic rings. The summed E-state index contributed by atoms with van der Waals surface area (Å²) in [5, 5.41) is 0. The number of imide groups is 1. The van der Waals surface area contributed by atoms with Gasteiger partial charge < -0.3 is 9.64 Å². The van der Waals surface area contributed by atoms with Crippen LogP contribution in [0.15, 0.2) is 48.5 Å². The lowest BCUT2D eigenvalue weighted by atomic mass is 10.1. The fourth-order valence-corrected chi connectivity index (χ4v) is 3.16. The van der Waals surface area contributed by atoms with E-state index in [1.54, 1.807) is 36.2 Å². The highest BCUT2D eigenvalue weighted by atomic mass is 16.5. The van der Waals surface area contributed by atoms with Crippen LogP contribution in [-0.2, 0) is 22.7 Å². The molecule has 1 fully saturated rings. The Kier molecular flexibility index (Phi) is 6.09. The Morgan fingerprint density at radius 3 is 2.11 bits per heavy atom. The summed E-state index contributed by atoms with van der Waals surface area (Å²) in [6.45, 7) is 3.30. The predicted molar refractivity (Wildman–Crippen MR) is 105 cm³/mol. The van der Waals surface area contributed by atoms with Gasteiger partial charge in [0.2, 0.25) is 11.8 Å². The fourth-order valence-electron chi connectivity index (χ4n) is 3.16. The van der Waals surface area contributed by atoms with Crippen LogP contribution < -0.4 is 4.74 Å². The van der Waals surface area contributed by atoms with E-state index in [0.717, 1.165) is 16.9 Å². The highest BCUT2D eigenvalue weighted by molar-refractivity contribution is 6.01. The molecule has 0 spiro atoms. The molecule has 0 aromatic heterocycles. The van der Waals surface area contributed by atoms with Crippen LogP contribution in [0.2, 0.25) is 0 Å². The molecule has 1 saturated heterocycles. The van der Waals surface area contributed by atoms with E-state index in [0.29, 0.717) is 18.7 Å². The van der Waals surface area contributed by atoms with E-state index in [1.165, 1.54) is 4.90 Å². The highest BCUT2D eigenvalue weighted by Gasteiger charge is 2.28. The summed E-state index contributed by atoms with van der Waals surface area (Å²) in [5.41, 5.74) is 2.41. The molecule has 146 valence electrons. The lowest BCUT2D eigenvalue weighted by Gasteiger charge is -2.18. The summed E-state index contributed by atoms with van der Waals surface area (Å²) in [4.78, 5) is 39.0. The molecule has 3 amide bonds. The largest absolute Gasteiger partial charge is 0.494 e. The van der Waals surface area contributed by atoms with Gasteiger partial charge in [0.15, 0.2) is 0 Å². The van der Waals surface area contributed by atoms with Crippen molar-refractivity contribution in [2.45, 2.75) is 32.9 Å². The minimum Gasteiger partial charge on any atom is -0.494 e. The van der Waals surface area contributed by atoms with Crippen LogP contribution in [0.5, 0.6) is 5.75 Å². The second-order valence-corrected chi connectivity index (χ2v) is 6.81. The number of ether oxygens (including phenoxy) is 1. The molecule has 28 heavy (non-hydrogen) atoms. The van der Waals surface area contributed by atoms with Crippen LogP contribution in [0.1, 0.15) is 41.3 Å². The summed E-state index contributed by atoms with van der Waals surface area (Å²) >= 11 is 0. The molecule has 2 aromatic rings. The van der Waals surface area contributed by atoms with Gasteiger partial charge in [-0.1, -0.05) is 24.3 Å². The van der Waals surface area contributed by atoms with Crippen LogP contribution >= 0.6 is 0 Å². The summed E-state index contributed by atoms with van der Waals surface area (Å²) in [6.07, 6.45) is 0.567. The fraction of sp³-hybridized carbons (Fsp3) is 0.318. The quantitative estimate of drug-likeness (QED) is 0.693. The molecule has 0 atom stereocenters. The van der Waals surface area contributed by atoms with Crippen LogP contribution in [0, 0.1) is 0 Å². The summed E-state index contributed by atoms with van der Waals surface area (Å²) in [6, 6.07) is 14.7. The van der Waals surface area contributed by atoms with Crippen molar-refractivity contribution in [1.82, 2.24) is 9.80 Å². The zero-order valence-electron chi connectivity index (χ0n) is 16.2. The molecule has 6 nitrogen and oxygen atoms in total. The number of carbonyl (C=O) groups is 3. The number of hydrogen-bond acceptors (Lipinski definition) is 4. The Hall–Kier alpha value is -3.15. The van der Waals surface area contributed by atoms with Gasteiger partial charge in [-0.05, 0) is 42.3 Å². The molecule has 0 radical (unpaired) electrons. The first-order valence-electron chi connectivity index (χ1n) is 9.37. The number of rotatable bonds is 7. The van der Waals surface area contributed by atoms with Crippen LogP contribution in [-0.4, -0.2) is 41.2 Å². The standard InChI is InChI=1S/C22H24N2O4/c1-3-28-19-10-6-16(7-11-19)14-23(2)22(27)18-8-4-17(5-9-18)15-24-20(25)12-13-21(24)26/h4-11H,3,12-15H2,1-2H3. The molecule has 1 heterocycles. The molecule has 2 aromatic carbocycles. The lowest BCUT2D eigenvalue weighted by Crippen LogP contribution is -2.28. The maximum absolute atomic E-state index is 12.7. The van der Waals surface area contributed by atoms with Gasteiger partial charge in [0, 0.05) is 32.0 Å². The van der Waals surface area contributed by atoms with Gasteiger partial charge in [-0.2, -0.15) is 0 Å². The first-order valence-corrected chi connectivity index (χ1v) is 9.37. The van der Waals surface area contributed by atoms with Crippen LogP contribution in [0.4, 0.5) is 0 Å². The van der Waals surface area contributed by atoms with Gasteiger partial charge in [-0.3, -0.25) is 19.3 Å². The number of hydrogen-bond donors (Lipinski definition) is 0. The SMILES string of the molecule is CCOc1ccc(CN(C)C(=O)c2ccc(CN3C(=O)CCC3=O)cc2)cc1. The van der Waals surface area contributed by atoms with Gasteiger partial charge >= 0.3 is 0 Å². The average molecular weight is 380 g/mol. The Labute approximate surface area is 164 Å². The topological polar surface area (TPSA) is 66.9 Å². The molecule has 3 rings (SSSR count). The van der Waals surface area contributed by atoms with E-state index in [9.17, 15) is 14.4 Å². The maximum Gasteiger partial charge on any atom is 0.253 e. The van der Waals surface area contributed by atoms with E-state index in [4.69, 9.17) is 4.74 Å². The molecule has 0 aliphatic carbocycles. The molecule has 0 saturated carbocycles. The van der Waals surface area contributed by atoms with Gasteiger partial charge in [0.05, 0.1) is 13.2 Å². The second kappa shape index (κ2) is 8.69. The average Bonchev–Trinajstić information content (AvgIpc) is 3.01. The van der Waals surface area contributed by atoms with E-state index in [2.05, 4.69) is 0 Å². The zero-order chi connectivity index (χ0) is 20.1. The third-order valence-corrected chi connectivity index (χ3v) is 4.70. The van der Waals surface area contributed by atoms with Crippen molar-refractivity contribution < 1.29 is 19.1 Å². The van der Waals surface area contributed by atoms with Crippen molar-refractivity contribution >= 4 is 17.7 Å². The van der Waals surface area contributed by atoms with Gasteiger partial charge in [-0.15, -0.1) is 0 Å². The normalized spacial score (nSPS) is 13.7. The first-order chi connectivity index (χ1) is 13.5. The van der Waals surface area contributed by atoms with Crippen molar-refractivity contribution in [1.29, 1.82) is 0 Å². The lowest BCUT2D eigenvalue weighted by molar-refractivity contribution is -0.139. The van der Waals surface area contributed by atoms with E-state index >= 15 is 0 Å². The van der Waals surface area contributed by atoms with Crippen molar-refractivity contribution in [2.75, 3.05) is 13.7 Å². The number of likely N-dealkylation sites (tertiary alicyclic amines) is 1. The molecule has 0 unspecified atom stereocenters. The van der Waals surface area contributed by atoms with Crippen molar-refractivity contribution in [3.8, 4) is 5.75 Å². The Morgan fingerprint density at radius 2 is 1.54 bits per heavy atom. The van der Waals surface area contributed by atoms with Crippen molar-refractivity contribution in [3.05, 3.63) is 65.2 Å². The predicted octanol–water partition coefficient (Wildman–Crippen LogP) is 3.01. The van der Waals surface area contributed by atoms with E-state index in [1.807, 2.05) is 31.2 Å². The molecular weight excluding hydrogens is 356 g/mol. The Balaban J connectivity index is 1.60. The molecule has 1 aliphatic heterocycles. The maximum atomic E-state index is 12.7. The minimum absolute atomic E-state index is 0.0891.